The highest BCUT2D eigenvalue weighted by atomic mass is 16.1. The Morgan fingerprint density at radius 1 is 1.07 bits per heavy atom. The highest BCUT2D eigenvalue weighted by Crippen LogP contribution is 2.25. The Morgan fingerprint density at radius 3 is 2.50 bits per heavy atom. The Bertz CT molecular complexity index is 1150. The summed E-state index contributed by atoms with van der Waals surface area (Å²) in [5.74, 6) is 0.235. The second kappa shape index (κ2) is 8.45. The van der Waals surface area contributed by atoms with E-state index in [0.29, 0.717) is 23.7 Å². The van der Waals surface area contributed by atoms with E-state index < -0.39 is 0 Å². The summed E-state index contributed by atoms with van der Waals surface area (Å²) in [4.78, 5) is 22.1. The molecule has 0 radical (unpaired) electrons. The van der Waals surface area contributed by atoms with Gasteiger partial charge in [-0.25, -0.2) is 9.67 Å². The molecule has 1 atom stereocenters. The van der Waals surface area contributed by atoms with Crippen LogP contribution in [0.5, 0.6) is 0 Å². The van der Waals surface area contributed by atoms with Gasteiger partial charge in [0.2, 0.25) is 0 Å². The maximum Gasteiger partial charge on any atom is 0.252 e. The fraction of sp³-hybridized carbons (Fsp3) is 0.250. The number of hydrogen-bond acceptors (Lipinski definition) is 4. The lowest BCUT2D eigenvalue weighted by molar-refractivity contribution is 0.0932. The first-order valence-corrected chi connectivity index (χ1v) is 10.1. The van der Waals surface area contributed by atoms with Crippen molar-refractivity contribution in [3.05, 3.63) is 78.2 Å². The summed E-state index contributed by atoms with van der Waals surface area (Å²) in [7, 11) is 0. The van der Waals surface area contributed by atoms with Crippen LogP contribution < -0.4 is 5.32 Å². The molecular formula is C24H25N5O. The standard InChI is InChI=1S/C24H25N5O/c1-16(2)17(3)27-24(30)20-13-22(19-7-5-4-6-8-19)28-23-21(20)14-26-29(23)15-18-9-11-25-12-10-18/h4-14,16-17H,15H2,1-3H3,(H,27,30). The molecule has 152 valence electrons. The van der Waals surface area contributed by atoms with Crippen molar-refractivity contribution in [3.63, 3.8) is 0 Å². The van der Waals surface area contributed by atoms with Gasteiger partial charge in [0, 0.05) is 24.0 Å². The number of nitrogens with zero attached hydrogens (tertiary/aromatic N) is 4. The maximum atomic E-state index is 13.1. The lowest BCUT2D eigenvalue weighted by Gasteiger charge is -2.18. The van der Waals surface area contributed by atoms with Crippen LogP contribution in [0.2, 0.25) is 0 Å². The van der Waals surface area contributed by atoms with Crippen LogP contribution in [0, 0.1) is 5.92 Å². The summed E-state index contributed by atoms with van der Waals surface area (Å²) in [5.41, 5.74) is 4.06. The van der Waals surface area contributed by atoms with Crippen molar-refractivity contribution in [1.29, 1.82) is 0 Å². The minimum atomic E-state index is -0.107. The summed E-state index contributed by atoms with van der Waals surface area (Å²) in [5, 5.41) is 8.40. The van der Waals surface area contributed by atoms with Crippen molar-refractivity contribution in [3.8, 4) is 11.3 Å². The predicted molar refractivity (Wildman–Crippen MR) is 118 cm³/mol. The lowest BCUT2D eigenvalue weighted by atomic mass is 10.0. The summed E-state index contributed by atoms with van der Waals surface area (Å²) in [6.45, 7) is 6.76. The van der Waals surface area contributed by atoms with Gasteiger partial charge < -0.3 is 5.32 Å². The highest BCUT2D eigenvalue weighted by molar-refractivity contribution is 6.06. The van der Waals surface area contributed by atoms with Gasteiger partial charge in [0.05, 0.1) is 29.4 Å². The molecule has 0 aliphatic carbocycles. The maximum absolute atomic E-state index is 13.1. The average molecular weight is 399 g/mol. The van der Waals surface area contributed by atoms with Crippen molar-refractivity contribution < 1.29 is 4.79 Å². The van der Waals surface area contributed by atoms with Gasteiger partial charge >= 0.3 is 0 Å². The number of nitrogens with one attached hydrogen (secondary N) is 1. The monoisotopic (exact) mass is 399 g/mol. The molecule has 0 saturated heterocycles. The molecular weight excluding hydrogens is 374 g/mol. The predicted octanol–water partition coefficient (Wildman–Crippen LogP) is 4.32. The Morgan fingerprint density at radius 2 is 1.80 bits per heavy atom. The number of benzene rings is 1. The first-order valence-electron chi connectivity index (χ1n) is 10.1. The molecule has 1 unspecified atom stereocenters. The zero-order valence-electron chi connectivity index (χ0n) is 17.4. The van der Waals surface area contributed by atoms with Crippen LogP contribution in [-0.2, 0) is 6.54 Å². The molecule has 3 aromatic heterocycles. The van der Waals surface area contributed by atoms with Crippen LogP contribution in [0.4, 0.5) is 0 Å². The van der Waals surface area contributed by atoms with Crippen molar-refractivity contribution in [2.45, 2.75) is 33.4 Å². The molecule has 30 heavy (non-hydrogen) atoms. The Hall–Kier alpha value is -3.54. The third-order valence-electron chi connectivity index (χ3n) is 5.36. The molecule has 0 aliphatic heterocycles. The van der Waals surface area contributed by atoms with Gasteiger partial charge in [0.1, 0.15) is 0 Å². The van der Waals surface area contributed by atoms with Gasteiger partial charge in [-0.15, -0.1) is 0 Å². The third-order valence-corrected chi connectivity index (χ3v) is 5.36. The molecule has 0 bridgehead atoms. The van der Waals surface area contributed by atoms with E-state index in [0.717, 1.165) is 22.2 Å². The van der Waals surface area contributed by atoms with Gasteiger partial charge in [-0.3, -0.25) is 9.78 Å². The molecule has 6 nitrogen and oxygen atoms in total. The Kier molecular flexibility index (Phi) is 5.57. The third kappa shape index (κ3) is 4.08. The second-order valence-electron chi connectivity index (χ2n) is 7.82. The molecule has 1 aromatic carbocycles. The van der Waals surface area contributed by atoms with Crippen LogP contribution in [0.15, 0.2) is 67.1 Å². The molecule has 6 heteroatoms. The van der Waals surface area contributed by atoms with E-state index in [-0.39, 0.29) is 11.9 Å². The molecule has 1 amide bonds. The van der Waals surface area contributed by atoms with E-state index in [2.05, 4.69) is 29.2 Å². The normalized spacial score (nSPS) is 12.3. The number of fused-ring (bicyclic) bond motifs is 1. The van der Waals surface area contributed by atoms with Crippen LogP contribution in [0.1, 0.15) is 36.7 Å². The molecule has 0 spiro atoms. The SMILES string of the molecule is CC(C)C(C)NC(=O)c1cc(-c2ccccc2)nc2c1cnn2Cc1ccncc1. The van der Waals surface area contributed by atoms with Gasteiger partial charge in [-0.1, -0.05) is 44.2 Å². The molecule has 4 rings (SSSR count). The number of carbonyl (C=O) groups excluding carboxylic acids is 1. The zero-order valence-corrected chi connectivity index (χ0v) is 17.4. The fourth-order valence-electron chi connectivity index (χ4n) is 3.22. The van der Waals surface area contributed by atoms with Crippen LogP contribution >= 0.6 is 0 Å². The quantitative estimate of drug-likeness (QED) is 0.524. The van der Waals surface area contributed by atoms with E-state index in [1.807, 2.05) is 60.1 Å². The minimum absolute atomic E-state index is 0.0627. The first-order chi connectivity index (χ1) is 14.5. The minimum Gasteiger partial charge on any atom is -0.349 e. The summed E-state index contributed by atoms with van der Waals surface area (Å²) in [6.07, 6.45) is 5.25. The van der Waals surface area contributed by atoms with E-state index in [4.69, 9.17) is 4.98 Å². The van der Waals surface area contributed by atoms with E-state index in [9.17, 15) is 4.79 Å². The number of hydrogen-bond donors (Lipinski definition) is 1. The number of rotatable bonds is 6. The van der Waals surface area contributed by atoms with Gasteiger partial charge in [-0.2, -0.15) is 5.10 Å². The largest absolute Gasteiger partial charge is 0.349 e. The Labute approximate surface area is 176 Å². The number of pyridine rings is 2. The van der Waals surface area contributed by atoms with E-state index in [1.165, 1.54) is 0 Å². The molecule has 0 fully saturated rings. The number of amides is 1. The average Bonchev–Trinajstić information content (AvgIpc) is 3.17. The number of carbonyl (C=O) groups is 1. The molecule has 4 aromatic rings. The van der Waals surface area contributed by atoms with Crippen molar-refractivity contribution in [2.75, 3.05) is 0 Å². The van der Waals surface area contributed by atoms with Crippen molar-refractivity contribution in [1.82, 2.24) is 25.1 Å². The first kappa shape index (κ1) is 19.8. The van der Waals surface area contributed by atoms with Crippen LogP contribution in [-0.4, -0.2) is 31.7 Å². The fourth-order valence-corrected chi connectivity index (χ4v) is 3.22. The Balaban J connectivity index is 1.82. The topological polar surface area (TPSA) is 72.7 Å². The zero-order chi connectivity index (χ0) is 21.1. The summed E-state index contributed by atoms with van der Waals surface area (Å²) in [6, 6.07) is 15.7. The molecule has 3 heterocycles. The summed E-state index contributed by atoms with van der Waals surface area (Å²) >= 11 is 0. The smallest absolute Gasteiger partial charge is 0.252 e. The van der Waals surface area contributed by atoms with Crippen molar-refractivity contribution in [2.24, 2.45) is 5.92 Å². The summed E-state index contributed by atoms with van der Waals surface area (Å²) < 4.78 is 1.83. The van der Waals surface area contributed by atoms with Crippen molar-refractivity contribution >= 4 is 16.9 Å². The van der Waals surface area contributed by atoms with Crippen LogP contribution in [0.25, 0.3) is 22.3 Å². The van der Waals surface area contributed by atoms with Gasteiger partial charge in [0.25, 0.3) is 5.91 Å². The lowest BCUT2D eigenvalue weighted by Crippen LogP contribution is -2.36. The van der Waals surface area contributed by atoms with E-state index >= 15 is 0 Å². The highest BCUT2D eigenvalue weighted by Gasteiger charge is 2.20. The molecule has 0 aliphatic rings. The molecule has 0 saturated carbocycles. The van der Waals surface area contributed by atoms with E-state index in [1.54, 1.807) is 18.6 Å². The number of aromatic nitrogens is 4. The van der Waals surface area contributed by atoms with Gasteiger partial charge in [-0.05, 0) is 36.6 Å². The second-order valence-corrected chi connectivity index (χ2v) is 7.82. The van der Waals surface area contributed by atoms with Gasteiger partial charge in [0.15, 0.2) is 5.65 Å². The van der Waals surface area contributed by atoms with Crippen LogP contribution in [0.3, 0.4) is 0 Å². The molecule has 1 N–H and O–H groups in total.